The molecule has 0 spiro atoms. The third-order valence-corrected chi connectivity index (χ3v) is 6.16. The van der Waals surface area contributed by atoms with Crippen LogP contribution < -0.4 is 5.73 Å². The van der Waals surface area contributed by atoms with Crippen molar-refractivity contribution < 1.29 is 14.6 Å². The number of halogens is 1. The maximum atomic E-state index is 12.8. The number of nitrogens with two attached hydrogens (primary N) is 1. The van der Waals surface area contributed by atoms with Crippen molar-refractivity contribution in [1.29, 1.82) is 0 Å². The van der Waals surface area contributed by atoms with Crippen LogP contribution in [0, 0.1) is 0 Å². The largest absolute Gasteiger partial charge is 0.443 e. The summed E-state index contributed by atoms with van der Waals surface area (Å²) in [5.41, 5.74) is 7.77. The average molecular weight is 447 g/mol. The Balaban J connectivity index is 1.94. The predicted molar refractivity (Wildman–Crippen MR) is 114 cm³/mol. The van der Waals surface area contributed by atoms with Gasteiger partial charge >= 0.3 is 6.09 Å². The van der Waals surface area contributed by atoms with Crippen molar-refractivity contribution in [3.05, 3.63) is 64.1 Å². The molecule has 1 aliphatic heterocycles. The van der Waals surface area contributed by atoms with Gasteiger partial charge in [0.2, 0.25) is 0 Å². The number of anilines is 1. The van der Waals surface area contributed by atoms with Crippen LogP contribution in [-0.4, -0.2) is 34.3 Å². The van der Waals surface area contributed by atoms with Crippen LogP contribution in [0.25, 0.3) is 0 Å². The SMILES string of the molecule is CC[C@@H]1C(c2ccc(N)c(Br)c2)C(C)(C)OC(=O)N1C[C@H](O)c1ccccc1. The zero-order valence-electron chi connectivity index (χ0n) is 16.4. The Hall–Kier alpha value is -2.05. The van der Waals surface area contributed by atoms with Crippen LogP contribution in [0.15, 0.2) is 53.0 Å². The van der Waals surface area contributed by atoms with Crippen LogP contribution in [0.5, 0.6) is 0 Å². The minimum atomic E-state index is -0.775. The van der Waals surface area contributed by atoms with Crippen molar-refractivity contribution in [1.82, 2.24) is 4.90 Å². The van der Waals surface area contributed by atoms with Crippen LogP contribution in [0.2, 0.25) is 0 Å². The first-order chi connectivity index (χ1) is 13.2. The molecule has 0 saturated carbocycles. The maximum absolute atomic E-state index is 12.8. The van der Waals surface area contributed by atoms with Gasteiger partial charge in [-0.1, -0.05) is 43.3 Å². The molecule has 1 aliphatic rings. The topological polar surface area (TPSA) is 75.8 Å². The lowest BCUT2D eigenvalue weighted by Gasteiger charge is -2.49. The lowest BCUT2D eigenvalue weighted by Crippen LogP contribution is -2.58. The van der Waals surface area contributed by atoms with Gasteiger partial charge in [0, 0.05) is 22.1 Å². The molecule has 150 valence electrons. The Morgan fingerprint density at radius 1 is 1.25 bits per heavy atom. The second kappa shape index (κ2) is 8.13. The molecule has 1 heterocycles. The fourth-order valence-electron chi connectivity index (χ4n) is 4.12. The second-order valence-electron chi connectivity index (χ2n) is 7.78. The molecule has 3 rings (SSSR count). The monoisotopic (exact) mass is 446 g/mol. The fourth-order valence-corrected chi connectivity index (χ4v) is 4.52. The van der Waals surface area contributed by atoms with Crippen molar-refractivity contribution in [3.63, 3.8) is 0 Å². The van der Waals surface area contributed by atoms with E-state index in [1.807, 2.05) is 62.4 Å². The lowest BCUT2D eigenvalue weighted by atomic mass is 9.76. The van der Waals surface area contributed by atoms with E-state index in [-0.39, 0.29) is 18.5 Å². The highest BCUT2D eigenvalue weighted by molar-refractivity contribution is 9.10. The minimum Gasteiger partial charge on any atom is -0.443 e. The number of nitrogen functional groups attached to an aromatic ring is 1. The van der Waals surface area contributed by atoms with E-state index in [4.69, 9.17) is 10.5 Å². The summed E-state index contributed by atoms with van der Waals surface area (Å²) < 4.78 is 6.64. The van der Waals surface area contributed by atoms with Crippen molar-refractivity contribution >= 4 is 27.7 Å². The van der Waals surface area contributed by atoms with Crippen LogP contribution in [0.4, 0.5) is 10.5 Å². The first-order valence-corrected chi connectivity index (χ1v) is 10.3. The number of carbonyl (C=O) groups is 1. The van der Waals surface area contributed by atoms with Gasteiger partial charge in [0.25, 0.3) is 0 Å². The summed E-state index contributed by atoms with van der Waals surface area (Å²) in [5.74, 6) is -0.0601. The smallest absolute Gasteiger partial charge is 0.410 e. The Bertz CT molecular complexity index is 841. The standard InChI is InChI=1S/C22H27BrN2O3/c1-4-18-20(15-10-11-17(24)16(23)12-15)22(2,3)28-21(27)25(18)13-19(26)14-8-6-5-7-9-14/h5-12,18-20,26H,4,13,24H2,1-3H3/t18-,19+,20?/m1/s1. The molecule has 0 aromatic heterocycles. The van der Waals surface area contributed by atoms with Gasteiger partial charge < -0.3 is 20.5 Å². The predicted octanol–water partition coefficient (Wildman–Crippen LogP) is 4.86. The summed E-state index contributed by atoms with van der Waals surface area (Å²) in [7, 11) is 0. The molecule has 5 nitrogen and oxygen atoms in total. The zero-order valence-corrected chi connectivity index (χ0v) is 18.0. The highest BCUT2D eigenvalue weighted by Gasteiger charge is 2.48. The third-order valence-electron chi connectivity index (χ3n) is 5.47. The summed E-state index contributed by atoms with van der Waals surface area (Å²) >= 11 is 3.50. The number of amides is 1. The van der Waals surface area contributed by atoms with Gasteiger partial charge in [-0.2, -0.15) is 0 Å². The van der Waals surface area contributed by atoms with E-state index in [1.54, 1.807) is 4.90 Å². The molecule has 3 atom stereocenters. The summed E-state index contributed by atoms with van der Waals surface area (Å²) in [6.45, 7) is 6.12. The Morgan fingerprint density at radius 3 is 2.54 bits per heavy atom. The van der Waals surface area contributed by atoms with Crippen LogP contribution in [-0.2, 0) is 4.74 Å². The van der Waals surface area contributed by atoms with Gasteiger partial charge in [-0.3, -0.25) is 0 Å². The Labute approximate surface area is 174 Å². The van der Waals surface area contributed by atoms with Gasteiger partial charge in [-0.05, 0) is 59.5 Å². The van der Waals surface area contributed by atoms with E-state index in [2.05, 4.69) is 22.9 Å². The normalized spacial score (nSPS) is 22.6. The Morgan fingerprint density at radius 2 is 1.93 bits per heavy atom. The van der Waals surface area contributed by atoms with Gasteiger partial charge in [0.05, 0.1) is 12.6 Å². The molecule has 1 saturated heterocycles. The van der Waals surface area contributed by atoms with Crippen LogP contribution >= 0.6 is 15.9 Å². The van der Waals surface area contributed by atoms with E-state index in [0.29, 0.717) is 5.69 Å². The molecule has 2 aromatic rings. The van der Waals surface area contributed by atoms with Crippen LogP contribution in [0.1, 0.15) is 50.3 Å². The highest BCUT2D eigenvalue weighted by atomic mass is 79.9. The van der Waals surface area contributed by atoms with Gasteiger partial charge in [0.1, 0.15) is 5.60 Å². The van der Waals surface area contributed by atoms with Gasteiger partial charge in [-0.15, -0.1) is 0 Å². The van der Waals surface area contributed by atoms with E-state index in [0.717, 1.165) is 22.0 Å². The lowest BCUT2D eigenvalue weighted by molar-refractivity contribution is -0.0760. The highest BCUT2D eigenvalue weighted by Crippen LogP contribution is 2.43. The number of rotatable bonds is 5. The molecule has 1 fully saturated rings. The van der Waals surface area contributed by atoms with Gasteiger partial charge in [0.15, 0.2) is 0 Å². The van der Waals surface area contributed by atoms with E-state index in [1.165, 1.54) is 0 Å². The van der Waals surface area contributed by atoms with Crippen molar-refractivity contribution in [3.8, 4) is 0 Å². The molecular formula is C22H27BrN2O3. The first kappa shape index (κ1) is 20.7. The summed E-state index contributed by atoms with van der Waals surface area (Å²) in [6.07, 6.45) is -0.424. The molecule has 0 radical (unpaired) electrons. The molecule has 0 aliphatic carbocycles. The molecule has 1 amide bonds. The molecule has 3 N–H and O–H groups in total. The molecule has 0 bridgehead atoms. The first-order valence-electron chi connectivity index (χ1n) is 9.52. The number of cyclic esters (lactones) is 1. The summed E-state index contributed by atoms with van der Waals surface area (Å²) in [5, 5.41) is 10.7. The van der Waals surface area contributed by atoms with Crippen molar-refractivity contribution in [2.75, 3.05) is 12.3 Å². The van der Waals surface area contributed by atoms with Crippen molar-refractivity contribution in [2.45, 2.75) is 50.9 Å². The van der Waals surface area contributed by atoms with Crippen molar-refractivity contribution in [2.24, 2.45) is 0 Å². The van der Waals surface area contributed by atoms with Gasteiger partial charge in [-0.25, -0.2) is 4.79 Å². The van der Waals surface area contributed by atoms with E-state index in [9.17, 15) is 9.90 Å². The number of nitrogens with zero attached hydrogens (tertiary/aromatic N) is 1. The number of hydrogen-bond acceptors (Lipinski definition) is 4. The quantitative estimate of drug-likeness (QED) is 0.642. The maximum Gasteiger partial charge on any atom is 0.410 e. The third kappa shape index (κ3) is 4.03. The number of hydrogen-bond donors (Lipinski definition) is 2. The molecular weight excluding hydrogens is 420 g/mol. The molecule has 6 heteroatoms. The number of benzene rings is 2. The second-order valence-corrected chi connectivity index (χ2v) is 8.64. The van der Waals surface area contributed by atoms with E-state index < -0.39 is 17.8 Å². The van der Waals surface area contributed by atoms with E-state index >= 15 is 0 Å². The number of aliphatic hydroxyl groups excluding tert-OH is 1. The average Bonchev–Trinajstić information content (AvgIpc) is 2.66. The summed E-state index contributed by atoms with van der Waals surface area (Å²) in [6, 6.07) is 15.1. The zero-order chi connectivity index (χ0) is 20.5. The summed E-state index contributed by atoms with van der Waals surface area (Å²) in [4.78, 5) is 14.5. The Kier molecular flexibility index (Phi) is 6.01. The number of aliphatic hydroxyl groups is 1. The fraction of sp³-hybridized carbons (Fsp3) is 0.409. The molecule has 1 unspecified atom stereocenters. The number of carbonyl (C=O) groups excluding carboxylic acids is 1. The molecule has 28 heavy (non-hydrogen) atoms. The molecule has 2 aromatic carbocycles. The number of β-amino-alcohol motifs (C(OH)–C–C–N with tert-alkyl or cyclic N) is 1. The minimum absolute atomic E-state index is 0.0601. The van der Waals surface area contributed by atoms with Crippen LogP contribution in [0.3, 0.4) is 0 Å². The number of ether oxygens (including phenoxy) is 1.